The van der Waals surface area contributed by atoms with E-state index >= 15 is 0 Å². The predicted octanol–water partition coefficient (Wildman–Crippen LogP) is 2.58. The van der Waals surface area contributed by atoms with E-state index in [-0.39, 0.29) is 11.8 Å². The van der Waals surface area contributed by atoms with Gasteiger partial charge in [-0.3, -0.25) is 0 Å². The van der Waals surface area contributed by atoms with Gasteiger partial charge in [-0.2, -0.15) is 0 Å². The molecule has 0 fully saturated rings. The molecular formula is C15H17N3O. The second-order valence-corrected chi connectivity index (χ2v) is 4.99. The van der Waals surface area contributed by atoms with Crippen LogP contribution in [0.3, 0.4) is 0 Å². The molecule has 0 saturated heterocycles. The summed E-state index contributed by atoms with van der Waals surface area (Å²) in [5.41, 5.74) is 9.21. The molecular weight excluding hydrogens is 238 g/mol. The molecule has 1 atom stereocenters. The average Bonchev–Trinajstić information content (AvgIpc) is 2.61. The fourth-order valence-corrected chi connectivity index (χ4v) is 2.50. The molecule has 2 aromatic rings. The van der Waals surface area contributed by atoms with Crippen molar-refractivity contribution in [1.29, 1.82) is 0 Å². The number of nitrogens with zero attached hydrogens (tertiary/aromatic N) is 2. The van der Waals surface area contributed by atoms with Gasteiger partial charge in [0.1, 0.15) is 5.75 Å². The number of fused-ring (bicyclic) bond motifs is 1. The molecule has 19 heavy (non-hydrogen) atoms. The first-order valence-corrected chi connectivity index (χ1v) is 6.65. The number of phenolic OH excluding ortho intramolecular Hbond substituents is 1. The molecule has 3 rings (SSSR count). The molecule has 1 aliphatic rings. The first-order chi connectivity index (χ1) is 9.24. The molecule has 1 aromatic carbocycles. The highest BCUT2D eigenvalue weighted by molar-refractivity contribution is 5.56. The van der Waals surface area contributed by atoms with E-state index in [2.05, 4.69) is 9.97 Å². The van der Waals surface area contributed by atoms with Crippen LogP contribution in [0.15, 0.2) is 30.5 Å². The molecule has 1 heterocycles. The molecule has 1 aliphatic carbocycles. The van der Waals surface area contributed by atoms with Crippen LogP contribution in [0.25, 0.3) is 11.4 Å². The van der Waals surface area contributed by atoms with Gasteiger partial charge in [0.15, 0.2) is 5.82 Å². The van der Waals surface area contributed by atoms with Gasteiger partial charge in [0, 0.05) is 29.1 Å². The van der Waals surface area contributed by atoms with Crippen LogP contribution in [0.1, 0.15) is 36.6 Å². The van der Waals surface area contributed by atoms with E-state index in [1.807, 2.05) is 18.3 Å². The molecule has 0 saturated carbocycles. The summed E-state index contributed by atoms with van der Waals surface area (Å²) in [4.78, 5) is 9.06. The molecule has 1 unspecified atom stereocenters. The van der Waals surface area contributed by atoms with E-state index in [1.165, 1.54) is 0 Å². The summed E-state index contributed by atoms with van der Waals surface area (Å²) < 4.78 is 0. The van der Waals surface area contributed by atoms with Crippen LogP contribution >= 0.6 is 0 Å². The van der Waals surface area contributed by atoms with Crippen molar-refractivity contribution in [2.24, 2.45) is 5.73 Å². The molecule has 4 nitrogen and oxygen atoms in total. The third-order valence-corrected chi connectivity index (χ3v) is 3.60. The molecule has 0 amide bonds. The summed E-state index contributed by atoms with van der Waals surface area (Å²) in [6, 6.07) is 7.01. The van der Waals surface area contributed by atoms with Gasteiger partial charge in [0.25, 0.3) is 0 Å². The molecule has 0 aliphatic heterocycles. The van der Waals surface area contributed by atoms with E-state index in [0.717, 1.165) is 42.5 Å². The number of nitrogens with two attached hydrogens (primary N) is 1. The summed E-state index contributed by atoms with van der Waals surface area (Å²) in [6.07, 6.45) is 6.12. The first kappa shape index (κ1) is 12.1. The average molecular weight is 255 g/mol. The van der Waals surface area contributed by atoms with Crippen molar-refractivity contribution in [3.05, 3.63) is 41.7 Å². The topological polar surface area (TPSA) is 72.0 Å². The van der Waals surface area contributed by atoms with Gasteiger partial charge in [0.2, 0.25) is 0 Å². The summed E-state index contributed by atoms with van der Waals surface area (Å²) in [6.45, 7) is 0. The summed E-state index contributed by atoms with van der Waals surface area (Å²) in [5, 5.41) is 9.31. The number of aromatic hydroxyl groups is 1. The Balaban J connectivity index is 2.01. The highest BCUT2D eigenvalue weighted by atomic mass is 16.3. The molecule has 98 valence electrons. The first-order valence-electron chi connectivity index (χ1n) is 6.65. The van der Waals surface area contributed by atoms with Crippen molar-refractivity contribution in [3.63, 3.8) is 0 Å². The van der Waals surface area contributed by atoms with Crippen molar-refractivity contribution in [3.8, 4) is 17.1 Å². The van der Waals surface area contributed by atoms with Gasteiger partial charge >= 0.3 is 0 Å². The van der Waals surface area contributed by atoms with Crippen molar-refractivity contribution in [1.82, 2.24) is 9.97 Å². The maximum absolute atomic E-state index is 9.31. The van der Waals surface area contributed by atoms with Crippen LogP contribution in [-0.4, -0.2) is 15.1 Å². The lowest BCUT2D eigenvalue weighted by molar-refractivity contribution is 0.475. The monoisotopic (exact) mass is 255 g/mol. The zero-order valence-electron chi connectivity index (χ0n) is 10.7. The maximum Gasteiger partial charge on any atom is 0.159 e. The zero-order chi connectivity index (χ0) is 13.2. The third kappa shape index (κ3) is 2.44. The Morgan fingerprint density at radius 3 is 2.74 bits per heavy atom. The van der Waals surface area contributed by atoms with E-state index in [4.69, 9.17) is 5.73 Å². The standard InChI is InChI=1S/C15H17N3O/c16-13-3-1-2-4-14-12(13)9-17-15(18-14)10-5-7-11(19)8-6-10/h5-9,13,19H,1-4,16H2. The van der Waals surface area contributed by atoms with Crippen LogP contribution in [-0.2, 0) is 6.42 Å². The molecule has 4 heteroatoms. The van der Waals surface area contributed by atoms with Gasteiger partial charge in [-0.15, -0.1) is 0 Å². The Bertz CT molecular complexity index is 580. The van der Waals surface area contributed by atoms with Gasteiger partial charge in [-0.05, 0) is 43.5 Å². The number of benzene rings is 1. The SMILES string of the molecule is NC1CCCCc2nc(-c3ccc(O)cc3)ncc21. The number of hydrogen-bond donors (Lipinski definition) is 2. The van der Waals surface area contributed by atoms with Crippen molar-refractivity contribution >= 4 is 0 Å². The molecule has 0 radical (unpaired) electrons. The van der Waals surface area contributed by atoms with Crippen molar-refractivity contribution < 1.29 is 5.11 Å². The highest BCUT2D eigenvalue weighted by Gasteiger charge is 2.17. The van der Waals surface area contributed by atoms with Gasteiger partial charge in [0.05, 0.1) is 0 Å². The lowest BCUT2D eigenvalue weighted by Gasteiger charge is -2.12. The van der Waals surface area contributed by atoms with E-state index < -0.39 is 0 Å². The van der Waals surface area contributed by atoms with E-state index in [1.54, 1.807) is 12.1 Å². The predicted molar refractivity (Wildman–Crippen MR) is 73.6 cm³/mol. The zero-order valence-corrected chi connectivity index (χ0v) is 10.7. The number of phenols is 1. The maximum atomic E-state index is 9.31. The Hall–Kier alpha value is -1.94. The van der Waals surface area contributed by atoms with Gasteiger partial charge < -0.3 is 10.8 Å². The summed E-state index contributed by atoms with van der Waals surface area (Å²) in [5.74, 6) is 0.952. The molecule has 0 spiro atoms. The van der Waals surface area contributed by atoms with Gasteiger partial charge in [-0.25, -0.2) is 9.97 Å². The molecule has 1 aromatic heterocycles. The van der Waals surface area contributed by atoms with Crippen LogP contribution in [0.2, 0.25) is 0 Å². The number of hydrogen-bond acceptors (Lipinski definition) is 4. The van der Waals surface area contributed by atoms with Crippen LogP contribution in [0.4, 0.5) is 0 Å². The fourth-order valence-electron chi connectivity index (χ4n) is 2.50. The van der Waals surface area contributed by atoms with Crippen molar-refractivity contribution in [2.45, 2.75) is 31.7 Å². The Kier molecular flexibility index (Phi) is 3.17. The molecule has 0 bridgehead atoms. The second kappa shape index (κ2) is 4.97. The fraction of sp³-hybridized carbons (Fsp3) is 0.333. The lowest BCUT2D eigenvalue weighted by atomic mass is 10.1. The minimum absolute atomic E-state index is 0.0615. The summed E-state index contributed by atoms with van der Waals surface area (Å²) in [7, 11) is 0. The Morgan fingerprint density at radius 1 is 1.16 bits per heavy atom. The van der Waals surface area contributed by atoms with E-state index in [9.17, 15) is 5.11 Å². The Morgan fingerprint density at radius 2 is 1.95 bits per heavy atom. The largest absolute Gasteiger partial charge is 0.508 e. The minimum atomic E-state index is 0.0615. The number of aryl methyl sites for hydroxylation is 1. The van der Waals surface area contributed by atoms with E-state index in [0.29, 0.717) is 5.82 Å². The Labute approximate surface area is 112 Å². The smallest absolute Gasteiger partial charge is 0.159 e. The van der Waals surface area contributed by atoms with Crippen LogP contribution in [0, 0.1) is 0 Å². The van der Waals surface area contributed by atoms with Gasteiger partial charge in [-0.1, -0.05) is 6.42 Å². The van der Waals surface area contributed by atoms with Crippen LogP contribution < -0.4 is 5.73 Å². The van der Waals surface area contributed by atoms with Crippen LogP contribution in [0.5, 0.6) is 5.75 Å². The number of aromatic nitrogens is 2. The quantitative estimate of drug-likeness (QED) is 0.768. The normalized spacial score (nSPS) is 18.7. The lowest BCUT2D eigenvalue weighted by Crippen LogP contribution is -2.12. The third-order valence-electron chi connectivity index (χ3n) is 3.60. The minimum Gasteiger partial charge on any atom is -0.508 e. The highest BCUT2D eigenvalue weighted by Crippen LogP contribution is 2.27. The number of rotatable bonds is 1. The van der Waals surface area contributed by atoms with Crippen molar-refractivity contribution in [2.75, 3.05) is 0 Å². The summed E-state index contributed by atoms with van der Waals surface area (Å²) >= 11 is 0. The second-order valence-electron chi connectivity index (χ2n) is 4.99. The molecule has 3 N–H and O–H groups in total.